The number of carbonyl (C=O) groups is 6. The Morgan fingerprint density at radius 2 is 1.47 bits per heavy atom. The number of amides is 5. The highest BCUT2D eigenvalue weighted by molar-refractivity contribution is 6.51. The van der Waals surface area contributed by atoms with Crippen LogP contribution in [0.15, 0.2) is 0 Å². The molecular formula is C29H45Cl2N5O7. The van der Waals surface area contributed by atoms with Crippen molar-refractivity contribution in [1.82, 2.24) is 20.9 Å². The molecule has 1 saturated heterocycles. The quantitative estimate of drug-likeness (QED) is 0.151. The van der Waals surface area contributed by atoms with Gasteiger partial charge in [-0.2, -0.15) is 0 Å². The number of rotatable bonds is 11. The van der Waals surface area contributed by atoms with Gasteiger partial charge in [0.15, 0.2) is 0 Å². The van der Waals surface area contributed by atoms with Crippen LogP contribution in [0.2, 0.25) is 0 Å². The number of primary amides is 1. The number of hydrogen-bond donors (Lipinski definition) is 4. The first-order valence-corrected chi connectivity index (χ1v) is 15.4. The van der Waals surface area contributed by atoms with Crippen molar-refractivity contribution in [3.8, 4) is 0 Å². The molecule has 14 heteroatoms. The molecule has 6 atom stereocenters. The Hall–Kier alpha value is -2.60. The number of likely N-dealkylation sites (tertiary alicyclic amines) is 1. The summed E-state index contributed by atoms with van der Waals surface area (Å²) < 4.78 is 4.08. The smallest absolute Gasteiger partial charge is 0.329 e. The van der Waals surface area contributed by atoms with Gasteiger partial charge in [-0.3, -0.25) is 19.2 Å². The minimum atomic E-state index is -1.25. The number of halogens is 2. The summed E-state index contributed by atoms with van der Waals surface area (Å²) in [6.45, 7) is 14.0. The normalized spacial score (nSPS) is 24.7. The number of urea groups is 1. The van der Waals surface area contributed by atoms with Gasteiger partial charge in [0.25, 0.3) is 5.91 Å². The maximum atomic E-state index is 14.1. The number of nitrogens with zero attached hydrogens (tertiary/aromatic N) is 1. The van der Waals surface area contributed by atoms with Crippen LogP contribution in [-0.4, -0.2) is 81.6 Å². The SMILES string of the molecule is CC(C)OC(=O)[C@@H](NC(=O)N[C@H](C(=O)N1C[C@H]2[C@@H]([C@H]1C(=O)NC(CC1CC1)C(=O)C(N)=O)C2(Cl)Cl)C(C)(C)C)C(C)(C)C. The Labute approximate surface area is 262 Å². The summed E-state index contributed by atoms with van der Waals surface area (Å²) in [4.78, 5) is 79.3. The van der Waals surface area contributed by atoms with Gasteiger partial charge in [-0.05, 0) is 37.0 Å². The maximum Gasteiger partial charge on any atom is 0.329 e. The predicted molar refractivity (Wildman–Crippen MR) is 160 cm³/mol. The number of nitrogens with one attached hydrogen (secondary N) is 3. The summed E-state index contributed by atoms with van der Waals surface area (Å²) in [5.74, 6) is -4.76. The molecule has 12 nitrogen and oxygen atoms in total. The van der Waals surface area contributed by atoms with Crippen LogP contribution in [0.5, 0.6) is 0 Å². The number of Topliss-reactive ketones (excluding diaryl/α,β-unsaturated/α-hetero) is 1. The van der Waals surface area contributed by atoms with Crippen LogP contribution in [0, 0.1) is 28.6 Å². The van der Waals surface area contributed by atoms with Gasteiger partial charge in [0.05, 0.1) is 12.1 Å². The Morgan fingerprint density at radius 1 is 0.930 bits per heavy atom. The van der Waals surface area contributed by atoms with Crippen molar-refractivity contribution < 1.29 is 33.5 Å². The molecule has 0 radical (unpaired) electrons. The Morgan fingerprint density at radius 3 is 1.93 bits per heavy atom. The number of alkyl halides is 2. The fraction of sp³-hybridized carbons (Fsp3) is 0.793. The summed E-state index contributed by atoms with van der Waals surface area (Å²) in [5.41, 5.74) is 3.70. The van der Waals surface area contributed by atoms with Crippen molar-refractivity contribution >= 4 is 58.7 Å². The molecular weight excluding hydrogens is 601 g/mol. The largest absolute Gasteiger partial charge is 0.461 e. The first kappa shape index (κ1) is 34.9. The summed E-state index contributed by atoms with van der Waals surface area (Å²) in [7, 11) is 0. The van der Waals surface area contributed by atoms with Crippen molar-refractivity contribution in [3.63, 3.8) is 0 Å². The van der Waals surface area contributed by atoms with E-state index < -0.39 is 92.8 Å². The van der Waals surface area contributed by atoms with Crippen molar-refractivity contribution in [2.75, 3.05) is 6.54 Å². The minimum Gasteiger partial charge on any atom is -0.461 e. The monoisotopic (exact) mass is 645 g/mol. The van der Waals surface area contributed by atoms with Gasteiger partial charge in [-0.25, -0.2) is 9.59 Å². The number of carbonyl (C=O) groups excluding carboxylic acids is 6. The molecule has 3 fully saturated rings. The molecule has 3 rings (SSSR count). The molecule has 5 N–H and O–H groups in total. The second-order valence-corrected chi connectivity index (χ2v) is 15.9. The van der Waals surface area contributed by atoms with E-state index in [1.165, 1.54) is 4.90 Å². The predicted octanol–water partition coefficient (Wildman–Crippen LogP) is 2.04. The number of fused-ring (bicyclic) bond motifs is 1. The van der Waals surface area contributed by atoms with Crippen LogP contribution < -0.4 is 21.7 Å². The lowest BCUT2D eigenvalue weighted by molar-refractivity contribution is -0.152. The third kappa shape index (κ3) is 8.12. The summed E-state index contributed by atoms with van der Waals surface area (Å²) in [6, 6.07) is -5.18. The van der Waals surface area contributed by atoms with Crippen molar-refractivity contribution in [2.45, 2.75) is 109 Å². The molecule has 1 heterocycles. The van der Waals surface area contributed by atoms with Crippen molar-refractivity contribution in [3.05, 3.63) is 0 Å². The minimum absolute atomic E-state index is 0.0485. The highest BCUT2D eigenvalue weighted by Crippen LogP contribution is 2.65. The van der Waals surface area contributed by atoms with E-state index >= 15 is 0 Å². The Balaban J connectivity index is 1.83. The molecule has 0 aromatic carbocycles. The zero-order chi connectivity index (χ0) is 32.8. The van der Waals surface area contributed by atoms with Crippen LogP contribution in [0.3, 0.4) is 0 Å². The van der Waals surface area contributed by atoms with Gasteiger partial charge in [-0.1, -0.05) is 54.4 Å². The molecule has 2 saturated carbocycles. The van der Waals surface area contributed by atoms with Gasteiger partial charge >= 0.3 is 12.0 Å². The molecule has 1 aliphatic heterocycles. The number of esters is 1. The van der Waals surface area contributed by atoms with Gasteiger partial charge < -0.3 is 31.3 Å². The summed E-state index contributed by atoms with van der Waals surface area (Å²) in [5, 5.41) is 7.98. The van der Waals surface area contributed by atoms with E-state index in [-0.39, 0.29) is 18.9 Å². The van der Waals surface area contributed by atoms with Gasteiger partial charge in [0.2, 0.25) is 17.6 Å². The van der Waals surface area contributed by atoms with Crippen LogP contribution in [0.1, 0.15) is 74.7 Å². The molecule has 2 aliphatic carbocycles. The fourth-order valence-electron chi connectivity index (χ4n) is 5.53. The highest BCUT2D eigenvalue weighted by atomic mass is 35.5. The molecule has 0 spiro atoms. The summed E-state index contributed by atoms with van der Waals surface area (Å²) in [6.07, 6.45) is 1.61. The van der Waals surface area contributed by atoms with Gasteiger partial charge in [0.1, 0.15) is 22.5 Å². The third-order valence-corrected chi connectivity index (χ3v) is 9.21. The third-order valence-electron chi connectivity index (χ3n) is 8.14. The van der Waals surface area contributed by atoms with Crippen LogP contribution in [-0.2, 0) is 28.7 Å². The van der Waals surface area contributed by atoms with E-state index in [4.69, 9.17) is 33.7 Å². The topological polar surface area (TPSA) is 177 Å². The summed E-state index contributed by atoms with van der Waals surface area (Å²) >= 11 is 12.9. The lowest BCUT2D eigenvalue weighted by Crippen LogP contribution is -2.63. The maximum absolute atomic E-state index is 14.1. The fourth-order valence-corrected chi connectivity index (χ4v) is 6.35. The van der Waals surface area contributed by atoms with E-state index in [2.05, 4.69) is 16.0 Å². The lowest BCUT2D eigenvalue weighted by atomic mass is 9.85. The van der Waals surface area contributed by atoms with Crippen molar-refractivity contribution in [2.24, 2.45) is 34.3 Å². The molecule has 242 valence electrons. The molecule has 43 heavy (non-hydrogen) atoms. The van der Waals surface area contributed by atoms with Crippen LogP contribution in [0.4, 0.5) is 4.79 Å². The highest BCUT2D eigenvalue weighted by Gasteiger charge is 2.74. The van der Waals surface area contributed by atoms with Gasteiger partial charge in [0, 0.05) is 18.4 Å². The molecule has 1 unspecified atom stereocenters. The first-order chi connectivity index (χ1) is 19.6. The molecule has 0 aromatic heterocycles. The van der Waals surface area contributed by atoms with E-state index in [0.717, 1.165) is 12.8 Å². The van der Waals surface area contributed by atoms with E-state index in [0.29, 0.717) is 0 Å². The second-order valence-electron chi connectivity index (χ2n) is 14.4. The number of ketones is 1. The van der Waals surface area contributed by atoms with E-state index in [1.807, 2.05) is 0 Å². The number of hydrogen-bond acceptors (Lipinski definition) is 7. The van der Waals surface area contributed by atoms with Crippen molar-refractivity contribution in [1.29, 1.82) is 0 Å². The van der Waals surface area contributed by atoms with E-state index in [1.54, 1.807) is 55.4 Å². The average molecular weight is 647 g/mol. The van der Waals surface area contributed by atoms with E-state index in [9.17, 15) is 28.8 Å². The second kappa shape index (κ2) is 12.4. The Bertz CT molecular complexity index is 1160. The zero-order valence-corrected chi connectivity index (χ0v) is 27.6. The van der Waals surface area contributed by atoms with Crippen LogP contribution in [0.25, 0.3) is 0 Å². The van der Waals surface area contributed by atoms with Crippen LogP contribution >= 0.6 is 23.2 Å². The standard InChI is InChI=1S/C29H45Cl2N5O7/c1-13(2)43-25(41)21(28(6,7)8)35-26(42)34-20(27(3,4)5)24(40)36-12-15-17(29(15,30)31)18(36)23(39)33-16(11-14-9-10-14)19(37)22(32)38/h13-18,20-21H,9-12H2,1-8H3,(H2,32,38)(H,33,39)(H2,34,35,42)/t15-,16?,17-,18-,20+,21+/m0/s1. The number of piperidine rings is 1. The number of ether oxygens (including phenoxy) is 1. The Kier molecular flexibility index (Phi) is 10.1. The molecule has 0 aromatic rings. The first-order valence-electron chi connectivity index (χ1n) is 14.7. The zero-order valence-electron chi connectivity index (χ0n) is 26.1. The average Bonchev–Trinajstić information content (AvgIpc) is 3.70. The lowest BCUT2D eigenvalue weighted by Gasteiger charge is -2.38. The molecule has 3 aliphatic rings. The molecule has 5 amide bonds. The number of nitrogens with two attached hydrogens (primary N) is 1. The van der Waals surface area contributed by atoms with Gasteiger partial charge in [-0.15, -0.1) is 23.2 Å². The molecule has 0 bridgehead atoms.